The van der Waals surface area contributed by atoms with Gasteiger partial charge in [-0.3, -0.25) is 4.79 Å². The summed E-state index contributed by atoms with van der Waals surface area (Å²) in [6.45, 7) is 4.09. The van der Waals surface area contributed by atoms with Crippen molar-refractivity contribution in [2.75, 3.05) is 6.61 Å². The number of nitrogens with one attached hydrogen (secondary N) is 1. The normalized spacial score (nSPS) is 14.4. The van der Waals surface area contributed by atoms with E-state index in [-0.39, 0.29) is 12.5 Å². The molecule has 0 spiro atoms. The van der Waals surface area contributed by atoms with E-state index < -0.39 is 18.2 Å². The standard InChI is InChI=1S/C32H61NO4/c1-3-5-7-9-11-13-15-16-17-18-20-22-24-26-30(35)32(37)29(28-34)33-31(36)27-25-23-21-19-14-12-10-8-6-4-2/h13,15,18,20,29-30,32,34-35,37H,3-12,14,16-17,19,21-28H2,1-2H3,(H,33,36)/b15-13+,20-18+. The molecule has 0 aliphatic carbocycles. The van der Waals surface area contributed by atoms with Gasteiger partial charge in [0.15, 0.2) is 0 Å². The number of allylic oxidation sites excluding steroid dienone is 4. The van der Waals surface area contributed by atoms with Gasteiger partial charge >= 0.3 is 0 Å². The Morgan fingerprint density at radius 1 is 0.649 bits per heavy atom. The maximum Gasteiger partial charge on any atom is 0.220 e. The molecule has 4 N–H and O–H groups in total. The number of aliphatic hydroxyl groups excluding tert-OH is 3. The highest BCUT2D eigenvalue weighted by atomic mass is 16.3. The molecule has 0 aromatic rings. The molecule has 0 heterocycles. The van der Waals surface area contributed by atoms with Crippen molar-refractivity contribution in [1.82, 2.24) is 5.32 Å². The lowest BCUT2D eigenvalue weighted by Gasteiger charge is -2.26. The number of hydrogen-bond acceptors (Lipinski definition) is 4. The van der Waals surface area contributed by atoms with Crippen molar-refractivity contribution < 1.29 is 20.1 Å². The summed E-state index contributed by atoms with van der Waals surface area (Å²) >= 11 is 0. The Labute approximate surface area is 229 Å². The molecule has 0 aromatic heterocycles. The molecular weight excluding hydrogens is 462 g/mol. The fourth-order valence-corrected chi connectivity index (χ4v) is 4.53. The van der Waals surface area contributed by atoms with Gasteiger partial charge in [0.2, 0.25) is 5.91 Å². The number of aliphatic hydroxyl groups is 3. The summed E-state index contributed by atoms with van der Waals surface area (Å²) < 4.78 is 0. The van der Waals surface area contributed by atoms with Crippen molar-refractivity contribution >= 4 is 5.91 Å². The SMILES string of the molecule is CCCCCC/C=C/CC/C=C/CCCC(O)C(O)C(CO)NC(=O)CCCCCCCCCCCC. The van der Waals surface area contributed by atoms with Crippen LogP contribution in [0.3, 0.4) is 0 Å². The maximum atomic E-state index is 12.2. The van der Waals surface area contributed by atoms with Crippen LogP contribution in [0.5, 0.6) is 0 Å². The van der Waals surface area contributed by atoms with Crippen LogP contribution in [-0.2, 0) is 4.79 Å². The quantitative estimate of drug-likeness (QED) is 0.0661. The van der Waals surface area contributed by atoms with Crippen LogP contribution >= 0.6 is 0 Å². The number of amides is 1. The maximum absolute atomic E-state index is 12.2. The predicted octanol–water partition coefficient (Wildman–Crippen LogP) is 7.53. The third-order valence-electron chi connectivity index (χ3n) is 7.04. The Morgan fingerprint density at radius 3 is 1.65 bits per heavy atom. The van der Waals surface area contributed by atoms with Gasteiger partial charge in [-0.05, 0) is 51.4 Å². The van der Waals surface area contributed by atoms with E-state index in [1.807, 2.05) is 0 Å². The predicted molar refractivity (Wildman–Crippen MR) is 158 cm³/mol. The molecule has 0 saturated carbocycles. The lowest BCUT2D eigenvalue weighted by Crippen LogP contribution is -2.50. The molecule has 0 bridgehead atoms. The fraction of sp³-hybridized carbons (Fsp3) is 0.844. The Hall–Kier alpha value is -1.17. The molecule has 0 saturated heterocycles. The van der Waals surface area contributed by atoms with Gasteiger partial charge in [0.05, 0.1) is 18.8 Å². The van der Waals surface area contributed by atoms with Gasteiger partial charge in [0, 0.05) is 6.42 Å². The second-order valence-electron chi connectivity index (χ2n) is 10.6. The molecule has 3 atom stereocenters. The van der Waals surface area contributed by atoms with E-state index in [1.54, 1.807) is 0 Å². The van der Waals surface area contributed by atoms with E-state index in [2.05, 4.69) is 43.5 Å². The average molecular weight is 524 g/mol. The second-order valence-corrected chi connectivity index (χ2v) is 10.6. The second kappa shape index (κ2) is 27.9. The van der Waals surface area contributed by atoms with Crippen molar-refractivity contribution in [3.05, 3.63) is 24.3 Å². The average Bonchev–Trinajstić information content (AvgIpc) is 2.90. The van der Waals surface area contributed by atoms with Crippen LogP contribution in [0.1, 0.15) is 149 Å². The van der Waals surface area contributed by atoms with Gasteiger partial charge in [0.1, 0.15) is 6.10 Å². The van der Waals surface area contributed by atoms with Crippen LogP contribution < -0.4 is 5.32 Å². The zero-order valence-corrected chi connectivity index (χ0v) is 24.3. The van der Waals surface area contributed by atoms with Crippen LogP contribution in [0.15, 0.2) is 24.3 Å². The van der Waals surface area contributed by atoms with Crippen molar-refractivity contribution in [1.29, 1.82) is 0 Å². The molecule has 5 nitrogen and oxygen atoms in total. The number of carbonyl (C=O) groups excluding carboxylic acids is 1. The summed E-state index contributed by atoms with van der Waals surface area (Å²) in [5.74, 6) is -0.164. The van der Waals surface area contributed by atoms with E-state index in [0.29, 0.717) is 12.8 Å². The zero-order chi connectivity index (χ0) is 27.4. The number of rotatable bonds is 27. The smallest absolute Gasteiger partial charge is 0.220 e. The first kappa shape index (κ1) is 35.8. The molecule has 5 heteroatoms. The highest BCUT2D eigenvalue weighted by molar-refractivity contribution is 5.76. The summed E-state index contributed by atoms with van der Waals surface area (Å²) in [7, 11) is 0. The van der Waals surface area contributed by atoms with E-state index >= 15 is 0 Å². The lowest BCUT2D eigenvalue weighted by molar-refractivity contribution is -0.124. The lowest BCUT2D eigenvalue weighted by atomic mass is 10.0. The summed E-state index contributed by atoms with van der Waals surface area (Å²) in [5.41, 5.74) is 0. The van der Waals surface area contributed by atoms with Crippen LogP contribution in [-0.4, -0.2) is 46.1 Å². The van der Waals surface area contributed by atoms with E-state index in [0.717, 1.165) is 44.9 Å². The van der Waals surface area contributed by atoms with E-state index in [4.69, 9.17) is 0 Å². The molecular formula is C32H61NO4. The zero-order valence-electron chi connectivity index (χ0n) is 24.3. The molecule has 0 fully saturated rings. The Morgan fingerprint density at radius 2 is 1.11 bits per heavy atom. The van der Waals surface area contributed by atoms with Gasteiger partial charge in [-0.15, -0.1) is 0 Å². The minimum atomic E-state index is -1.16. The largest absolute Gasteiger partial charge is 0.394 e. The third-order valence-corrected chi connectivity index (χ3v) is 7.04. The molecule has 218 valence electrons. The summed E-state index contributed by atoms with van der Waals surface area (Å²) in [6.07, 6.45) is 29.8. The highest BCUT2D eigenvalue weighted by Crippen LogP contribution is 2.13. The van der Waals surface area contributed by atoms with Crippen molar-refractivity contribution in [2.24, 2.45) is 0 Å². The van der Waals surface area contributed by atoms with Gasteiger partial charge in [-0.25, -0.2) is 0 Å². The van der Waals surface area contributed by atoms with E-state index in [9.17, 15) is 20.1 Å². The number of unbranched alkanes of at least 4 members (excludes halogenated alkanes) is 15. The Kier molecular flexibility index (Phi) is 27.0. The highest BCUT2D eigenvalue weighted by Gasteiger charge is 2.26. The van der Waals surface area contributed by atoms with Gasteiger partial charge in [-0.2, -0.15) is 0 Å². The van der Waals surface area contributed by atoms with Gasteiger partial charge < -0.3 is 20.6 Å². The number of carbonyl (C=O) groups is 1. The first-order chi connectivity index (χ1) is 18.1. The number of hydrogen-bond donors (Lipinski definition) is 4. The van der Waals surface area contributed by atoms with Gasteiger partial charge in [-0.1, -0.05) is 115 Å². The molecule has 0 rings (SSSR count). The molecule has 1 amide bonds. The van der Waals surface area contributed by atoms with Crippen LogP contribution in [0, 0.1) is 0 Å². The van der Waals surface area contributed by atoms with Crippen LogP contribution in [0.4, 0.5) is 0 Å². The molecule has 0 aliphatic heterocycles. The Balaban J connectivity index is 3.85. The van der Waals surface area contributed by atoms with Gasteiger partial charge in [0.25, 0.3) is 0 Å². The topological polar surface area (TPSA) is 89.8 Å². The summed E-state index contributed by atoms with van der Waals surface area (Å²) in [6, 6.07) is -0.824. The summed E-state index contributed by atoms with van der Waals surface area (Å²) in [4.78, 5) is 12.2. The minimum absolute atomic E-state index is 0.164. The molecule has 0 radical (unpaired) electrons. The molecule has 3 unspecified atom stereocenters. The summed E-state index contributed by atoms with van der Waals surface area (Å²) in [5, 5.41) is 33.1. The van der Waals surface area contributed by atoms with E-state index in [1.165, 1.54) is 77.0 Å². The van der Waals surface area contributed by atoms with Crippen LogP contribution in [0.25, 0.3) is 0 Å². The molecule has 0 aromatic carbocycles. The fourth-order valence-electron chi connectivity index (χ4n) is 4.53. The third kappa shape index (κ3) is 23.7. The molecule has 0 aliphatic rings. The van der Waals surface area contributed by atoms with Crippen molar-refractivity contribution in [3.8, 4) is 0 Å². The van der Waals surface area contributed by atoms with Crippen molar-refractivity contribution in [2.45, 2.75) is 167 Å². The molecule has 37 heavy (non-hydrogen) atoms. The minimum Gasteiger partial charge on any atom is -0.394 e. The first-order valence-corrected chi connectivity index (χ1v) is 15.6. The monoisotopic (exact) mass is 523 g/mol. The Bertz CT molecular complexity index is 549. The van der Waals surface area contributed by atoms with Crippen molar-refractivity contribution in [3.63, 3.8) is 0 Å². The first-order valence-electron chi connectivity index (χ1n) is 15.6. The van der Waals surface area contributed by atoms with Crippen LogP contribution in [0.2, 0.25) is 0 Å².